The molecule has 2 heterocycles. The molecule has 0 atom stereocenters. The predicted octanol–water partition coefficient (Wildman–Crippen LogP) is 3.21. The third kappa shape index (κ3) is 3.08. The van der Waals surface area contributed by atoms with Crippen LogP contribution in [0.3, 0.4) is 0 Å². The van der Waals surface area contributed by atoms with Crippen LogP contribution in [0.4, 0.5) is 5.82 Å². The number of benzene rings is 1. The number of pyridine rings is 1. The van der Waals surface area contributed by atoms with Crippen LogP contribution in [0.25, 0.3) is 11.0 Å². The van der Waals surface area contributed by atoms with Gasteiger partial charge in [0.25, 0.3) is 5.91 Å². The molecule has 3 aromatic rings. The number of fused-ring (bicyclic) bond motifs is 1. The fraction of sp³-hybridized carbons (Fsp3) is 0.278. The Kier molecular flexibility index (Phi) is 4.20. The second-order valence-corrected chi connectivity index (χ2v) is 5.91. The molecule has 0 unspecified atom stereocenters. The molecule has 1 aromatic carbocycles. The van der Waals surface area contributed by atoms with Gasteiger partial charge in [-0.15, -0.1) is 0 Å². The average molecular weight is 324 g/mol. The molecule has 0 saturated carbocycles. The second kappa shape index (κ2) is 6.31. The molecule has 2 aromatic heterocycles. The third-order valence-corrected chi connectivity index (χ3v) is 4.04. The molecule has 124 valence electrons. The van der Waals surface area contributed by atoms with Gasteiger partial charge < -0.3 is 10.1 Å². The minimum atomic E-state index is -0.260. The van der Waals surface area contributed by atoms with Crippen molar-refractivity contribution in [3.8, 4) is 5.75 Å². The minimum absolute atomic E-state index is 0.0707. The van der Waals surface area contributed by atoms with Gasteiger partial charge in [-0.05, 0) is 56.5 Å². The summed E-state index contributed by atoms with van der Waals surface area (Å²) in [6, 6.07) is 7.79. The number of carbonyl (C=O) groups excluding carboxylic acids is 1. The van der Waals surface area contributed by atoms with E-state index in [9.17, 15) is 4.79 Å². The number of aryl methyl sites for hydroxylation is 3. The van der Waals surface area contributed by atoms with Crippen molar-refractivity contribution in [2.45, 2.75) is 27.7 Å². The van der Waals surface area contributed by atoms with Gasteiger partial charge in [0.1, 0.15) is 5.75 Å². The number of ether oxygens (including phenoxy) is 1. The first-order chi connectivity index (χ1) is 11.5. The molecule has 2 N–H and O–H groups in total. The quantitative estimate of drug-likeness (QED) is 0.772. The van der Waals surface area contributed by atoms with Gasteiger partial charge in [-0.25, -0.2) is 4.98 Å². The number of amides is 1. The van der Waals surface area contributed by atoms with E-state index in [0.717, 1.165) is 33.5 Å². The maximum absolute atomic E-state index is 12.2. The van der Waals surface area contributed by atoms with Crippen molar-refractivity contribution >= 4 is 22.8 Å². The molecule has 0 aliphatic carbocycles. The number of aromatic nitrogens is 3. The standard InChI is InChI=1S/C18H20N4O2/c1-10-5-6-11(2)16(13(10)4)24-9-15(23)20-18-14-8-7-12(3)19-17(14)21-22-18/h5-8H,9H2,1-4H3,(H2,19,20,21,22,23). The Labute approximate surface area is 140 Å². The Hall–Kier alpha value is -2.89. The Morgan fingerprint density at radius 3 is 2.67 bits per heavy atom. The van der Waals surface area contributed by atoms with Crippen molar-refractivity contribution in [2.24, 2.45) is 0 Å². The van der Waals surface area contributed by atoms with Crippen molar-refractivity contribution in [1.82, 2.24) is 15.2 Å². The first kappa shape index (κ1) is 16.0. The maximum atomic E-state index is 12.2. The summed E-state index contributed by atoms with van der Waals surface area (Å²) in [6.45, 7) is 7.81. The number of carbonyl (C=O) groups is 1. The van der Waals surface area contributed by atoms with E-state index < -0.39 is 0 Å². The van der Waals surface area contributed by atoms with E-state index in [1.54, 1.807) is 0 Å². The van der Waals surface area contributed by atoms with Gasteiger partial charge in [-0.1, -0.05) is 12.1 Å². The molecule has 0 aliphatic heterocycles. The lowest BCUT2D eigenvalue weighted by molar-refractivity contribution is -0.118. The van der Waals surface area contributed by atoms with E-state index in [0.29, 0.717) is 11.5 Å². The second-order valence-electron chi connectivity index (χ2n) is 5.91. The summed E-state index contributed by atoms with van der Waals surface area (Å²) in [6.07, 6.45) is 0. The maximum Gasteiger partial charge on any atom is 0.263 e. The van der Waals surface area contributed by atoms with Crippen molar-refractivity contribution in [2.75, 3.05) is 11.9 Å². The summed E-state index contributed by atoms with van der Waals surface area (Å²) in [5.74, 6) is 0.961. The van der Waals surface area contributed by atoms with E-state index in [1.807, 2.05) is 52.0 Å². The normalized spacial score (nSPS) is 10.8. The van der Waals surface area contributed by atoms with Gasteiger partial charge in [0.2, 0.25) is 0 Å². The van der Waals surface area contributed by atoms with Crippen molar-refractivity contribution < 1.29 is 9.53 Å². The lowest BCUT2D eigenvalue weighted by Crippen LogP contribution is -2.21. The predicted molar refractivity (Wildman–Crippen MR) is 93.4 cm³/mol. The van der Waals surface area contributed by atoms with Gasteiger partial charge in [0.05, 0.1) is 5.39 Å². The number of hydrogen-bond acceptors (Lipinski definition) is 4. The van der Waals surface area contributed by atoms with Crippen molar-refractivity contribution in [3.05, 3.63) is 46.6 Å². The van der Waals surface area contributed by atoms with Gasteiger partial charge in [-0.3, -0.25) is 9.89 Å². The smallest absolute Gasteiger partial charge is 0.263 e. The Morgan fingerprint density at radius 2 is 1.88 bits per heavy atom. The molecule has 6 heteroatoms. The number of nitrogens with one attached hydrogen (secondary N) is 2. The minimum Gasteiger partial charge on any atom is -0.483 e. The summed E-state index contributed by atoms with van der Waals surface area (Å²) in [4.78, 5) is 16.5. The van der Waals surface area contributed by atoms with Gasteiger partial charge in [0.15, 0.2) is 18.1 Å². The fourth-order valence-corrected chi connectivity index (χ4v) is 2.55. The molecule has 0 bridgehead atoms. The molecule has 6 nitrogen and oxygen atoms in total. The molecule has 0 radical (unpaired) electrons. The highest BCUT2D eigenvalue weighted by molar-refractivity contribution is 5.99. The van der Waals surface area contributed by atoms with Crippen LogP contribution in [0.1, 0.15) is 22.4 Å². The van der Waals surface area contributed by atoms with Gasteiger partial charge in [0, 0.05) is 5.69 Å². The molecule has 3 rings (SSSR count). The van der Waals surface area contributed by atoms with E-state index in [4.69, 9.17) is 4.74 Å². The van der Waals surface area contributed by atoms with E-state index in [-0.39, 0.29) is 12.5 Å². The zero-order chi connectivity index (χ0) is 17.3. The van der Waals surface area contributed by atoms with E-state index >= 15 is 0 Å². The van der Waals surface area contributed by atoms with Crippen LogP contribution in [0.15, 0.2) is 24.3 Å². The summed E-state index contributed by atoms with van der Waals surface area (Å²) in [7, 11) is 0. The summed E-state index contributed by atoms with van der Waals surface area (Å²) >= 11 is 0. The van der Waals surface area contributed by atoms with Gasteiger partial charge >= 0.3 is 0 Å². The number of nitrogens with zero attached hydrogens (tertiary/aromatic N) is 2. The number of anilines is 1. The Balaban J connectivity index is 1.71. The van der Waals surface area contributed by atoms with E-state index in [2.05, 4.69) is 20.5 Å². The van der Waals surface area contributed by atoms with E-state index in [1.165, 1.54) is 0 Å². The monoisotopic (exact) mass is 324 g/mol. The molecule has 0 aliphatic rings. The van der Waals surface area contributed by atoms with Crippen LogP contribution in [0.5, 0.6) is 5.75 Å². The van der Waals surface area contributed by atoms with Crippen molar-refractivity contribution in [3.63, 3.8) is 0 Å². The van der Waals surface area contributed by atoms with Crippen LogP contribution < -0.4 is 10.1 Å². The molecule has 0 saturated heterocycles. The van der Waals surface area contributed by atoms with Crippen LogP contribution in [0.2, 0.25) is 0 Å². The number of aromatic amines is 1. The molecule has 0 fully saturated rings. The topological polar surface area (TPSA) is 79.9 Å². The van der Waals surface area contributed by atoms with Crippen LogP contribution in [0, 0.1) is 27.7 Å². The molecular weight excluding hydrogens is 304 g/mol. The zero-order valence-corrected chi connectivity index (χ0v) is 14.2. The number of hydrogen-bond donors (Lipinski definition) is 2. The van der Waals surface area contributed by atoms with Crippen molar-refractivity contribution in [1.29, 1.82) is 0 Å². The molecule has 0 spiro atoms. The van der Waals surface area contributed by atoms with Gasteiger partial charge in [-0.2, -0.15) is 5.10 Å². The third-order valence-electron chi connectivity index (χ3n) is 4.04. The average Bonchev–Trinajstić information content (AvgIpc) is 2.93. The fourth-order valence-electron chi connectivity index (χ4n) is 2.55. The first-order valence-electron chi connectivity index (χ1n) is 7.77. The molecule has 24 heavy (non-hydrogen) atoms. The van der Waals surface area contributed by atoms with Crippen LogP contribution in [-0.4, -0.2) is 27.7 Å². The summed E-state index contributed by atoms with van der Waals surface area (Å²) < 4.78 is 5.72. The molecule has 1 amide bonds. The highest BCUT2D eigenvalue weighted by Gasteiger charge is 2.13. The Morgan fingerprint density at radius 1 is 1.12 bits per heavy atom. The van der Waals surface area contributed by atoms with Crippen LogP contribution >= 0.6 is 0 Å². The summed E-state index contributed by atoms with van der Waals surface area (Å²) in [5.41, 5.74) is 4.73. The number of rotatable bonds is 4. The number of H-pyrrole nitrogens is 1. The highest BCUT2D eigenvalue weighted by atomic mass is 16.5. The largest absolute Gasteiger partial charge is 0.483 e. The Bertz CT molecular complexity index is 915. The highest BCUT2D eigenvalue weighted by Crippen LogP contribution is 2.25. The molecular formula is C18H20N4O2. The zero-order valence-electron chi connectivity index (χ0n) is 14.2. The van der Waals surface area contributed by atoms with Crippen LogP contribution in [-0.2, 0) is 4.79 Å². The SMILES string of the molecule is Cc1ccc2c(NC(=O)COc3c(C)ccc(C)c3C)n[nH]c2n1. The first-order valence-corrected chi connectivity index (χ1v) is 7.77. The lowest BCUT2D eigenvalue weighted by Gasteiger charge is -2.13. The lowest BCUT2D eigenvalue weighted by atomic mass is 10.1. The summed E-state index contributed by atoms with van der Waals surface area (Å²) in [5, 5.41) is 10.5.